The van der Waals surface area contributed by atoms with Gasteiger partial charge in [0.05, 0.1) is 18.2 Å². The number of carbonyl (C=O) groups is 1. The second-order valence-corrected chi connectivity index (χ2v) is 4.33. The van der Waals surface area contributed by atoms with Gasteiger partial charge in [0, 0.05) is 0 Å². The fourth-order valence-corrected chi connectivity index (χ4v) is 1.98. The van der Waals surface area contributed by atoms with Gasteiger partial charge in [-0.25, -0.2) is 0 Å². The molecular formula is C13H15BrO3. The van der Waals surface area contributed by atoms with E-state index in [0.29, 0.717) is 23.7 Å². The van der Waals surface area contributed by atoms with Crippen LogP contribution >= 0.6 is 15.9 Å². The topological polar surface area (TPSA) is 35.5 Å². The van der Waals surface area contributed by atoms with Gasteiger partial charge >= 0.3 is 0 Å². The number of halogens is 1. The minimum Gasteiger partial charge on any atom is -0.493 e. The Morgan fingerprint density at radius 2 is 2.18 bits per heavy atom. The van der Waals surface area contributed by atoms with E-state index in [1.165, 1.54) is 0 Å². The molecule has 0 aliphatic rings. The predicted molar refractivity (Wildman–Crippen MR) is 71.6 cm³/mol. The molecule has 0 N–H and O–H groups in total. The number of allylic oxidation sites excluding steroid dienone is 1. The largest absolute Gasteiger partial charge is 0.493 e. The van der Waals surface area contributed by atoms with E-state index in [0.717, 1.165) is 16.3 Å². The maximum absolute atomic E-state index is 10.6. The van der Waals surface area contributed by atoms with Gasteiger partial charge in [-0.05, 0) is 59.1 Å². The average Bonchev–Trinajstić information content (AvgIpc) is 2.32. The van der Waals surface area contributed by atoms with Crippen LogP contribution in [0.2, 0.25) is 0 Å². The van der Waals surface area contributed by atoms with Crippen LogP contribution in [0.5, 0.6) is 11.5 Å². The highest BCUT2D eigenvalue weighted by Gasteiger charge is 2.10. The lowest BCUT2D eigenvalue weighted by Gasteiger charge is -2.12. The van der Waals surface area contributed by atoms with Crippen molar-refractivity contribution < 1.29 is 14.3 Å². The zero-order valence-corrected chi connectivity index (χ0v) is 11.7. The number of benzene rings is 1. The molecule has 1 rings (SSSR count). The van der Waals surface area contributed by atoms with Gasteiger partial charge in [0.2, 0.25) is 0 Å². The summed E-state index contributed by atoms with van der Waals surface area (Å²) in [5.74, 6) is 1.32. The molecule has 0 aliphatic heterocycles. The van der Waals surface area contributed by atoms with Gasteiger partial charge in [-0.1, -0.05) is 0 Å². The molecule has 0 atom stereocenters. The molecule has 0 heterocycles. The Morgan fingerprint density at radius 1 is 1.47 bits per heavy atom. The quantitative estimate of drug-likeness (QED) is 0.617. The van der Waals surface area contributed by atoms with Gasteiger partial charge in [-0.3, -0.25) is 4.79 Å². The number of rotatable bonds is 5. The van der Waals surface area contributed by atoms with Crippen LogP contribution in [0.15, 0.2) is 22.2 Å². The smallest absolute Gasteiger partial charge is 0.175 e. The molecule has 0 bridgehead atoms. The van der Waals surface area contributed by atoms with Crippen molar-refractivity contribution in [2.45, 2.75) is 13.8 Å². The molecule has 0 amide bonds. The molecule has 0 saturated heterocycles. The van der Waals surface area contributed by atoms with Crippen molar-refractivity contribution in [3.05, 3.63) is 27.7 Å². The van der Waals surface area contributed by atoms with E-state index in [1.54, 1.807) is 20.1 Å². The molecule has 92 valence electrons. The number of hydrogen-bond acceptors (Lipinski definition) is 3. The van der Waals surface area contributed by atoms with E-state index in [4.69, 9.17) is 9.47 Å². The van der Waals surface area contributed by atoms with E-state index >= 15 is 0 Å². The third kappa shape index (κ3) is 3.60. The van der Waals surface area contributed by atoms with Crippen LogP contribution in [0.1, 0.15) is 19.4 Å². The highest BCUT2D eigenvalue weighted by Crippen LogP contribution is 2.37. The Balaban J connectivity index is 3.21. The molecule has 0 saturated carbocycles. The Labute approximate surface area is 110 Å². The van der Waals surface area contributed by atoms with E-state index in [2.05, 4.69) is 15.9 Å². The van der Waals surface area contributed by atoms with Gasteiger partial charge < -0.3 is 9.47 Å². The molecule has 0 radical (unpaired) electrons. The van der Waals surface area contributed by atoms with Crippen molar-refractivity contribution in [3.8, 4) is 11.5 Å². The van der Waals surface area contributed by atoms with Crippen LogP contribution in [0.4, 0.5) is 0 Å². The minimum absolute atomic E-state index is 0.567. The lowest BCUT2D eigenvalue weighted by molar-refractivity contribution is -0.104. The van der Waals surface area contributed by atoms with Crippen molar-refractivity contribution in [2.75, 3.05) is 13.7 Å². The molecule has 4 heteroatoms. The Hall–Kier alpha value is -1.29. The van der Waals surface area contributed by atoms with Crippen molar-refractivity contribution in [1.29, 1.82) is 0 Å². The normalized spacial score (nSPS) is 11.2. The van der Waals surface area contributed by atoms with E-state index in [9.17, 15) is 4.79 Å². The molecule has 1 aromatic carbocycles. The third-order valence-electron chi connectivity index (χ3n) is 2.12. The lowest BCUT2D eigenvalue weighted by atomic mass is 10.1. The van der Waals surface area contributed by atoms with Gasteiger partial charge in [0.25, 0.3) is 0 Å². The van der Waals surface area contributed by atoms with Gasteiger partial charge in [0.1, 0.15) is 6.29 Å². The van der Waals surface area contributed by atoms with Gasteiger partial charge in [-0.2, -0.15) is 0 Å². The summed E-state index contributed by atoms with van der Waals surface area (Å²) in [6, 6.07) is 3.73. The van der Waals surface area contributed by atoms with Crippen LogP contribution in [0, 0.1) is 0 Å². The molecular weight excluding hydrogens is 284 g/mol. The number of ether oxygens (including phenoxy) is 2. The first kappa shape index (κ1) is 13.8. The van der Waals surface area contributed by atoms with E-state index in [1.807, 2.05) is 19.1 Å². The van der Waals surface area contributed by atoms with Crippen molar-refractivity contribution in [3.63, 3.8) is 0 Å². The molecule has 17 heavy (non-hydrogen) atoms. The van der Waals surface area contributed by atoms with Crippen molar-refractivity contribution in [1.82, 2.24) is 0 Å². The van der Waals surface area contributed by atoms with Crippen LogP contribution in [-0.2, 0) is 4.79 Å². The molecule has 0 aliphatic carbocycles. The predicted octanol–water partition coefficient (Wildman–Crippen LogP) is 3.46. The fourth-order valence-electron chi connectivity index (χ4n) is 1.40. The summed E-state index contributed by atoms with van der Waals surface area (Å²) >= 11 is 3.43. The number of methoxy groups -OCH3 is 1. The summed E-state index contributed by atoms with van der Waals surface area (Å²) in [5, 5.41) is 0. The van der Waals surface area contributed by atoms with Crippen molar-refractivity contribution in [2.24, 2.45) is 0 Å². The first-order valence-electron chi connectivity index (χ1n) is 5.26. The number of carbonyl (C=O) groups excluding carboxylic acids is 1. The summed E-state index contributed by atoms with van der Waals surface area (Å²) in [4.78, 5) is 10.6. The highest BCUT2D eigenvalue weighted by atomic mass is 79.9. The first-order chi connectivity index (χ1) is 8.12. The highest BCUT2D eigenvalue weighted by molar-refractivity contribution is 9.10. The SMILES string of the molecule is CCOc1c(Br)cc(C=C(C)C=O)cc1OC. The Kier molecular flexibility index (Phi) is 5.22. The van der Waals surface area contributed by atoms with E-state index < -0.39 is 0 Å². The van der Waals surface area contributed by atoms with Crippen LogP contribution in [-0.4, -0.2) is 20.0 Å². The zero-order valence-electron chi connectivity index (χ0n) is 10.1. The summed E-state index contributed by atoms with van der Waals surface area (Å²) in [6.07, 6.45) is 2.60. The fraction of sp³-hybridized carbons (Fsp3) is 0.308. The maximum Gasteiger partial charge on any atom is 0.175 e. The van der Waals surface area contributed by atoms with E-state index in [-0.39, 0.29) is 0 Å². The van der Waals surface area contributed by atoms with Crippen LogP contribution in [0.3, 0.4) is 0 Å². The van der Waals surface area contributed by atoms with Crippen LogP contribution in [0.25, 0.3) is 6.08 Å². The summed E-state index contributed by atoms with van der Waals surface area (Å²) in [6.45, 7) is 4.23. The molecule has 0 unspecified atom stereocenters. The molecule has 0 aromatic heterocycles. The Morgan fingerprint density at radius 3 is 2.71 bits per heavy atom. The maximum atomic E-state index is 10.6. The average molecular weight is 299 g/mol. The van der Waals surface area contributed by atoms with Gasteiger partial charge in [0.15, 0.2) is 11.5 Å². The Bertz CT molecular complexity index is 439. The van der Waals surface area contributed by atoms with Crippen LogP contribution < -0.4 is 9.47 Å². The summed E-state index contributed by atoms with van der Waals surface area (Å²) in [7, 11) is 1.59. The first-order valence-corrected chi connectivity index (χ1v) is 6.05. The second kappa shape index (κ2) is 6.45. The molecule has 0 fully saturated rings. The summed E-state index contributed by atoms with van der Waals surface area (Å²) < 4.78 is 11.6. The number of hydrogen-bond donors (Lipinski definition) is 0. The zero-order chi connectivity index (χ0) is 12.8. The van der Waals surface area contributed by atoms with Gasteiger partial charge in [-0.15, -0.1) is 0 Å². The van der Waals surface area contributed by atoms with Crippen molar-refractivity contribution >= 4 is 28.3 Å². The number of aldehydes is 1. The lowest BCUT2D eigenvalue weighted by Crippen LogP contribution is -1.97. The molecule has 3 nitrogen and oxygen atoms in total. The second-order valence-electron chi connectivity index (χ2n) is 3.47. The summed E-state index contributed by atoms with van der Waals surface area (Å²) in [5.41, 5.74) is 1.55. The monoisotopic (exact) mass is 298 g/mol. The standard InChI is InChI=1S/C13H15BrO3/c1-4-17-13-11(14)6-10(5-9(2)8-15)7-12(13)16-3/h5-8H,4H2,1-3H3. The minimum atomic E-state index is 0.567. The third-order valence-corrected chi connectivity index (χ3v) is 2.71. The molecule has 0 spiro atoms. The molecule has 1 aromatic rings.